The zero-order chi connectivity index (χ0) is 8.43. The second kappa shape index (κ2) is 2.95. The predicted molar refractivity (Wildman–Crippen MR) is 43.7 cm³/mol. The molecule has 1 aromatic heterocycles. The summed E-state index contributed by atoms with van der Waals surface area (Å²) in [6, 6.07) is 0. The minimum Gasteiger partial charge on any atom is -0.504 e. The van der Waals surface area contributed by atoms with E-state index in [9.17, 15) is 5.11 Å². The van der Waals surface area contributed by atoms with Crippen LogP contribution in [-0.2, 0) is 13.0 Å². The van der Waals surface area contributed by atoms with Crippen LogP contribution in [0.4, 0.5) is 0 Å². The van der Waals surface area contributed by atoms with Crippen molar-refractivity contribution in [3.05, 3.63) is 11.4 Å². The first-order chi connectivity index (χ1) is 5.20. The van der Waals surface area contributed by atoms with E-state index in [-0.39, 0.29) is 0 Å². The summed E-state index contributed by atoms with van der Waals surface area (Å²) in [4.78, 5) is 0. The Morgan fingerprint density at radius 3 is 2.45 bits per heavy atom. The molecule has 0 fully saturated rings. The SMILES string of the molecule is CCc1c(O)c(C)nn1CC. The number of rotatable bonds is 2. The molecule has 62 valence electrons. The highest BCUT2D eigenvalue weighted by atomic mass is 16.3. The monoisotopic (exact) mass is 154 g/mol. The largest absolute Gasteiger partial charge is 0.504 e. The smallest absolute Gasteiger partial charge is 0.159 e. The lowest BCUT2D eigenvalue weighted by Gasteiger charge is -1.99. The van der Waals surface area contributed by atoms with E-state index in [2.05, 4.69) is 5.10 Å². The first-order valence-corrected chi connectivity index (χ1v) is 3.95. The molecular formula is C8H14N2O. The summed E-state index contributed by atoms with van der Waals surface area (Å²) in [7, 11) is 0. The zero-order valence-electron chi connectivity index (χ0n) is 7.26. The van der Waals surface area contributed by atoms with Gasteiger partial charge in [0, 0.05) is 6.54 Å². The molecule has 0 unspecified atom stereocenters. The lowest BCUT2D eigenvalue weighted by molar-refractivity contribution is 0.461. The van der Waals surface area contributed by atoms with Gasteiger partial charge in [0.25, 0.3) is 0 Å². The summed E-state index contributed by atoms with van der Waals surface area (Å²) < 4.78 is 1.84. The van der Waals surface area contributed by atoms with E-state index < -0.39 is 0 Å². The van der Waals surface area contributed by atoms with Crippen molar-refractivity contribution >= 4 is 0 Å². The van der Waals surface area contributed by atoms with Crippen LogP contribution >= 0.6 is 0 Å². The standard InChI is InChI=1S/C8H14N2O/c1-4-7-8(11)6(3)9-10(7)5-2/h11H,4-5H2,1-3H3. The Morgan fingerprint density at radius 2 is 2.09 bits per heavy atom. The van der Waals surface area contributed by atoms with Crippen molar-refractivity contribution in [1.82, 2.24) is 9.78 Å². The van der Waals surface area contributed by atoms with Crippen LogP contribution in [0, 0.1) is 6.92 Å². The number of aromatic nitrogens is 2. The van der Waals surface area contributed by atoms with Gasteiger partial charge in [-0.3, -0.25) is 4.68 Å². The summed E-state index contributed by atoms with van der Waals surface area (Å²) in [5.41, 5.74) is 1.66. The van der Waals surface area contributed by atoms with Gasteiger partial charge in [-0.25, -0.2) is 0 Å². The molecule has 1 aromatic rings. The fraction of sp³-hybridized carbons (Fsp3) is 0.625. The van der Waals surface area contributed by atoms with E-state index >= 15 is 0 Å². The summed E-state index contributed by atoms with van der Waals surface area (Å²) in [6.45, 7) is 6.68. The summed E-state index contributed by atoms with van der Waals surface area (Å²) >= 11 is 0. The minimum absolute atomic E-state index is 0.356. The van der Waals surface area contributed by atoms with Crippen LogP contribution in [-0.4, -0.2) is 14.9 Å². The van der Waals surface area contributed by atoms with Crippen LogP contribution in [0.5, 0.6) is 5.75 Å². The maximum Gasteiger partial charge on any atom is 0.159 e. The molecule has 1 rings (SSSR count). The minimum atomic E-state index is 0.356. The number of hydrogen-bond acceptors (Lipinski definition) is 2. The second-order valence-electron chi connectivity index (χ2n) is 2.55. The molecule has 0 saturated carbocycles. The summed E-state index contributed by atoms with van der Waals surface area (Å²) in [5, 5.41) is 13.6. The lowest BCUT2D eigenvalue weighted by atomic mass is 10.3. The van der Waals surface area contributed by atoms with Gasteiger partial charge in [-0.2, -0.15) is 5.10 Å². The third-order valence-corrected chi connectivity index (χ3v) is 1.83. The summed E-state index contributed by atoms with van der Waals surface area (Å²) in [6.07, 6.45) is 0.834. The van der Waals surface area contributed by atoms with Gasteiger partial charge in [0.15, 0.2) is 5.75 Å². The Balaban J connectivity index is 3.15. The Bertz CT molecular complexity index is 253. The Kier molecular flexibility index (Phi) is 2.17. The normalized spacial score (nSPS) is 10.5. The second-order valence-corrected chi connectivity index (χ2v) is 2.55. The average Bonchev–Trinajstić information content (AvgIpc) is 2.28. The molecule has 0 atom stereocenters. The van der Waals surface area contributed by atoms with Crippen LogP contribution < -0.4 is 0 Å². The van der Waals surface area contributed by atoms with Crippen LogP contribution in [0.3, 0.4) is 0 Å². The van der Waals surface area contributed by atoms with Crippen LogP contribution in [0.25, 0.3) is 0 Å². The highest BCUT2D eigenvalue weighted by Gasteiger charge is 2.09. The average molecular weight is 154 g/mol. The molecule has 0 spiro atoms. The van der Waals surface area contributed by atoms with Crippen molar-refractivity contribution in [1.29, 1.82) is 0 Å². The molecule has 0 radical (unpaired) electrons. The van der Waals surface area contributed by atoms with Crippen molar-refractivity contribution in [2.45, 2.75) is 33.7 Å². The topological polar surface area (TPSA) is 38.1 Å². The molecule has 0 aliphatic carbocycles. The van der Waals surface area contributed by atoms with E-state index in [1.165, 1.54) is 0 Å². The van der Waals surface area contributed by atoms with E-state index in [1.54, 1.807) is 0 Å². The predicted octanol–water partition coefficient (Wildman–Crippen LogP) is 1.48. The fourth-order valence-corrected chi connectivity index (χ4v) is 1.23. The van der Waals surface area contributed by atoms with Gasteiger partial charge in [0.05, 0.1) is 5.69 Å². The lowest BCUT2D eigenvalue weighted by Crippen LogP contribution is -2.01. The molecule has 3 nitrogen and oxygen atoms in total. The van der Waals surface area contributed by atoms with Gasteiger partial charge in [-0.1, -0.05) is 6.92 Å². The highest BCUT2D eigenvalue weighted by Crippen LogP contribution is 2.21. The third kappa shape index (κ3) is 1.23. The molecule has 0 saturated heterocycles. The van der Waals surface area contributed by atoms with E-state index in [1.807, 2.05) is 25.5 Å². The van der Waals surface area contributed by atoms with Crippen molar-refractivity contribution in [3.63, 3.8) is 0 Å². The van der Waals surface area contributed by atoms with Gasteiger partial charge in [-0.15, -0.1) is 0 Å². The maximum absolute atomic E-state index is 9.47. The number of nitrogens with zero attached hydrogens (tertiary/aromatic N) is 2. The molecular weight excluding hydrogens is 140 g/mol. The summed E-state index contributed by atoms with van der Waals surface area (Å²) in [5.74, 6) is 0.356. The van der Waals surface area contributed by atoms with Crippen molar-refractivity contribution in [3.8, 4) is 5.75 Å². The molecule has 11 heavy (non-hydrogen) atoms. The molecule has 0 aromatic carbocycles. The molecule has 0 aliphatic heterocycles. The Labute approximate surface area is 66.7 Å². The number of aromatic hydroxyl groups is 1. The highest BCUT2D eigenvalue weighted by molar-refractivity contribution is 5.30. The maximum atomic E-state index is 9.47. The quantitative estimate of drug-likeness (QED) is 0.700. The van der Waals surface area contributed by atoms with Crippen molar-refractivity contribution in [2.75, 3.05) is 0 Å². The number of aryl methyl sites for hydroxylation is 2. The Morgan fingerprint density at radius 1 is 1.45 bits per heavy atom. The first kappa shape index (κ1) is 8.11. The molecule has 0 amide bonds. The van der Waals surface area contributed by atoms with Crippen molar-refractivity contribution < 1.29 is 5.11 Å². The van der Waals surface area contributed by atoms with Gasteiger partial charge >= 0.3 is 0 Å². The van der Waals surface area contributed by atoms with Crippen LogP contribution in [0.2, 0.25) is 0 Å². The molecule has 0 aliphatic rings. The fourth-order valence-electron chi connectivity index (χ4n) is 1.23. The third-order valence-electron chi connectivity index (χ3n) is 1.83. The van der Waals surface area contributed by atoms with Gasteiger partial charge < -0.3 is 5.11 Å². The van der Waals surface area contributed by atoms with Gasteiger partial charge in [0.1, 0.15) is 5.69 Å². The van der Waals surface area contributed by atoms with Crippen LogP contribution in [0.15, 0.2) is 0 Å². The number of hydrogen-bond donors (Lipinski definition) is 1. The molecule has 3 heteroatoms. The molecule has 1 heterocycles. The van der Waals surface area contributed by atoms with Crippen molar-refractivity contribution in [2.24, 2.45) is 0 Å². The van der Waals surface area contributed by atoms with E-state index in [0.717, 1.165) is 24.4 Å². The van der Waals surface area contributed by atoms with E-state index in [0.29, 0.717) is 5.75 Å². The van der Waals surface area contributed by atoms with E-state index in [4.69, 9.17) is 0 Å². The zero-order valence-corrected chi connectivity index (χ0v) is 7.26. The molecule has 1 N–H and O–H groups in total. The first-order valence-electron chi connectivity index (χ1n) is 3.95. The van der Waals surface area contributed by atoms with Gasteiger partial charge in [-0.05, 0) is 20.3 Å². The molecule has 0 bridgehead atoms. The van der Waals surface area contributed by atoms with Crippen LogP contribution in [0.1, 0.15) is 25.2 Å². The van der Waals surface area contributed by atoms with Gasteiger partial charge in [0.2, 0.25) is 0 Å². The Hall–Kier alpha value is -0.990.